The molecule has 1 aromatic rings. The lowest BCUT2D eigenvalue weighted by Crippen LogP contribution is -2.53. The highest BCUT2D eigenvalue weighted by Gasteiger charge is 2.36. The van der Waals surface area contributed by atoms with E-state index in [0.717, 1.165) is 43.5 Å². The maximum absolute atomic E-state index is 13.1. The molecule has 0 aromatic heterocycles. The van der Waals surface area contributed by atoms with Crippen molar-refractivity contribution in [1.29, 1.82) is 0 Å². The first kappa shape index (κ1) is 19.7. The van der Waals surface area contributed by atoms with Crippen LogP contribution in [-0.2, 0) is 4.79 Å². The summed E-state index contributed by atoms with van der Waals surface area (Å²) in [4.78, 5) is 29.4. The van der Waals surface area contributed by atoms with Gasteiger partial charge in [-0.1, -0.05) is 12.1 Å². The molecule has 2 N–H and O–H groups in total. The number of amides is 3. The second-order valence-electron chi connectivity index (χ2n) is 7.94. The number of aryl methyl sites for hydroxylation is 1. The van der Waals surface area contributed by atoms with Crippen molar-refractivity contribution in [2.45, 2.75) is 45.6 Å². The molecule has 148 valence electrons. The third-order valence-corrected chi connectivity index (χ3v) is 5.99. The van der Waals surface area contributed by atoms with Crippen molar-refractivity contribution in [2.75, 3.05) is 31.6 Å². The second-order valence-corrected chi connectivity index (χ2v) is 7.94. The van der Waals surface area contributed by atoms with Gasteiger partial charge < -0.3 is 20.2 Å². The number of benzene rings is 1. The smallest absolute Gasteiger partial charge is 0.321 e. The Morgan fingerprint density at radius 1 is 1.22 bits per heavy atom. The van der Waals surface area contributed by atoms with Crippen LogP contribution in [0.3, 0.4) is 0 Å². The molecule has 0 bridgehead atoms. The van der Waals surface area contributed by atoms with Gasteiger partial charge in [0.25, 0.3) is 0 Å². The summed E-state index contributed by atoms with van der Waals surface area (Å²) in [6, 6.07) is 7.65. The van der Waals surface area contributed by atoms with Gasteiger partial charge in [0.1, 0.15) is 0 Å². The van der Waals surface area contributed by atoms with Crippen LogP contribution in [0.2, 0.25) is 0 Å². The molecular weight excluding hydrogens is 342 g/mol. The van der Waals surface area contributed by atoms with E-state index in [-0.39, 0.29) is 36.4 Å². The predicted molar refractivity (Wildman–Crippen MR) is 105 cm³/mol. The maximum atomic E-state index is 13.1. The highest BCUT2D eigenvalue weighted by Crippen LogP contribution is 2.27. The third kappa shape index (κ3) is 4.61. The average Bonchev–Trinajstić information content (AvgIpc) is 2.68. The van der Waals surface area contributed by atoms with E-state index in [2.05, 4.69) is 5.32 Å². The fourth-order valence-electron chi connectivity index (χ4n) is 4.30. The minimum Gasteiger partial charge on any atom is -0.396 e. The Bertz CT molecular complexity index is 678. The first-order valence-corrected chi connectivity index (χ1v) is 10.0. The molecule has 0 aliphatic carbocycles. The molecule has 3 rings (SSSR count). The Morgan fingerprint density at radius 3 is 2.74 bits per heavy atom. The van der Waals surface area contributed by atoms with Crippen LogP contribution in [-0.4, -0.2) is 59.1 Å². The van der Waals surface area contributed by atoms with E-state index < -0.39 is 0 Å². The molecule has 2 aliphatic heterocycles. The van der Waals surface area contributed by atoms with Gasteiger partial charge in [0.2, 0.25) is 5.91 Å². The van der Waals surface area contributed by atoms with Crippen LogP contribution in [0.1, 0.15) is 38.2 Å². The average molecular weight is 373 g/mol. The van der Waals surface area contributed by atoms with Crippen molar-refractivity contribution in [3.8, 4) is 0 Å². The van der Waals surface area contributed by atoms with E-state index in [9.17, 15) is 14.7 Å². The van der Waals surface area contributed by atoms with Gasteiger partial charge >= 0.3 is 6.03 Å². The monoisotopic (exact) mass is 373 g/mol. The summed E-state index contributed by atoms with van der Waals surface area (Å²) in [5.41, 5.74) is 1.88. The molecule has 2 heterocycles. The Balaban J connectivity index is 1.61. The van der Waals surface area contributed by atoms with E-state index in [1.807, 2.05) is 43.0 Å². The normalized spacial score (nSPS) is 26.0. The van der Waals surface area contributed by atoms with Crippen molar-refractivity contribution in [2.24, 2.45) is 11.8 Å². The van der Waals surface area contributed by atoms with Gasteiger partial charge in [0, 0.05) is 43.9 Å². The Labute approximate surface area is 161 Å². The third-order valence-electron chi connectivity index (χ3n) is 5.99. The van der Waals surface area contributed by atoms with Gasteiger partial charge in [-0.25, -0.2) is 4.79 Å². The highest BCUT2D eigenvalue weighted by molar-refractivity contribution is 5.90. The van der Waals surface area contributed by atoms with Gasteiger partial charge in [0.15, 0.2) is 0 Å². The zero-order valence-electron chi connectivity index (χ0n) is 16.4. The number of aliphatic hydroxyl groups is 1. The zero-order valence-corrected chi connectivity index (χ0v) is 16.4. The first-order chi connectivity index (χ1) is 13.0. The highest BCUT2D eigenvalue weighted by atomic mass is 16.3. The number of nitrogens with zero attached hydrogens (tertiary/aromatic N) is 2. The molecule has 3 amide bonds. The van der Waals surface area contributed by atoms with Crippen LogP contribution in [0.15, 0.2) is 24.3 Å². The van der Waals surface area contributed by atoms with Crippen molar-refractivity contribution >= 4 is 17.6 Å². The molecule has 2 fully saturated rings. The molecule has 27 heavy (non-hydrogen) atoms. The summed E-state index contributed by atoms with van der Waals surface area (Å²) >= 11 is 0. The minimum atomic E-state index is -0.151. The minimum absolute atomic E-state index is 0.0627. The van der Waals surface area contributed by atoms with Gasteiger partial charge in [-0.3, -0.25) is 4.79 Å². The van der Waals surface area contributed by atoms with Gasteiger partial charge in [0.05, 0.1) is 5.92 Å². The van der Waals surface area contributed by atoms with Crippen molar-refractivity contribution < 1.29 is 14.7 Å². The maximum Gasteiger partial charge on any atom is 0.321 e. The summed E-state index contributed by atoms with van der Waals surface area (Å²) < 4.78 is 0. The number of likely N-dealkylation sites (tertiary alicyclic amines) is 2. The molecule has 0 spiro atoms. The van der Waals surface area contributed by atoms with Crippen molar-refractivity contribution in [1.82, 2.24) is 9.80 Å². The number of anilines is 1. The zero-order chi connectivity index (χ0) is 19.4. The predicted octanol–water partition coefficient (Wildman–Crippen LogP) is 2.86. The summed E-state index contributed by atoms with van der Waals surface area (Å²) in [7, 11) is 0. The fraction of sp³-hybridized carbons (Fsp3) is 0.619. The lowest BCUT2D eigenvalue weighted by molar-refractivity contribution is -0.142. The number of aliphatic hydroxyl groups excluding tert-OH is 1. The van der Waals surface area contributed by atoms with E-state index in [0.29, 0.717) is 13.1 Å². The van der Waals surface area contributed by atoms with Crippen LogP contribution in [0.25, 0.3) is 0 Å². The van der Waals surface area contributed by atoms with Crippen LogP contribution in [0.4, 0.5) is 10.5 Å². The first-order valence-electron chi connectivity index (χ1n) is 10.0. The Morgan fingerprint density at radius 2 is 2.00 bits per heavy atom. The summed E-state index contributed by atoms with van der Waals surface area (Å²) in [5.74, 6) is 0.141. The lowest BCUT2D eigenvalue weighted by Gasteiger charge is -2.42. The Hall–Kier alpha value is -2.08. The van der Waals surface area contributed by atoms with Crippen LogP contribution >= 0.6 is 0 Å². The molecule has 3 atom stereocenters. The van der Waals surface area contributed by atoms with Gasteiger partial charge in [-0.05, 0) is 57.2 Å². The number of carbonyl (C=O) groups excluding carboxylic acids is 2. The fourth-order valence-corrected chi connectivity index (χ4v) is 4.30. The summed E-state index contributed by atoms with van der Waals surface area (Å²) in [5, 5.41) is 12.5. The molecule has 1 aromatic carbocycles. The molecular formula is C21H31N3O3. The SMILES string of the molecule is Cc1cccc(NC(=O)N2CCCC(C(=O)N3CCCC(CO)C3C)C2)c1. The topological polar surface area (TPSA) is 72.9 Å². The molecule has 0 radical (unpaired) electrons. The number of carbonyl (C=O) groups is 2. The molecule has 0 saturated carbocycles. The van der Waals surface area contributed by atoms with Gasteiger partial charge in [-0.15, -0.1) is 0 Å². The quantitative estimate of drug-likeness (QED) is 0.856. The standard InChI is InChI=1S/C21H31N3O3/c1-15-6-3-9-19(12-15)22-21(27)23-10-4-7-17(13-23)20(26)24-11-5-8-18(14-25)16(24)2/h3,6,9,12,16-18,25H,4-5,7-8,10-11,13-14H2,1-2H3,(H,22,27). The van der Waals surface area contributed by atoms with Gasteiger partial charge in [-0.2, -0.15) is 0 Å². The molecule has 2 aliphatic rings. The molecule has 6 heteroatoms. The van der Waals surface area contributed by atoms with E-state index in [4.69, 9.17) is 0 Å². The number of rotatable bonds is 3. The van der Waals surface area contributed by atoms with E-state index in [1.165, 1.54) is 0 Å². The largest absolute Gasteiger partial charge is 0.396 e. The number of urea groups is 1. The summed E-state index contributed by atoms with van der Waals surface area (Å²) in [6.45, 7) is 6.04. The number of hydrogen-bond acceptors (Lipinski definition) is 3. The van der Waals surface area contributed by atoms with Crippen LogP contribution in [0, 0.1) is 18.8 Å². The van der Waals surface area contributed by atoms with E-state index in [1.54, 1.807) is 4.90 Å². The second kappa shape index (κ2) is 8.74. The van der Waals surface area contributed by atoms with E-state index >= 15 is 0 Å². The number of hydrogen-bond donors (Lipinski definition) is 2. The van der Waals surface area contributed by atoms with Crippen molar-refractivity contribution in [3.05, 3.63) is 29.8 Å². The number of nitrogens with one attached hydrogen (secondary N) is 1. The molecule has 6 nitrogen and oxygen atoms in total. The molecule has 3 unspecified atom stereocenters. The van der Waals surface area contributed by atoms with Crippen LogP contribution < -0.4 is 5.32 Å². The van der Waals surface area contributed by atoms with Crippen molar-refractivity contribution in [3.63, 3.8) is 0 Å². The Kier molecular flexibility index (Phi) is 6.37. The molecule has 2 saturated heterocycles. The summed E-state index contributed by atoms with van der Waals surface area (Å²) in [6.07, 6.45) is 3.56. The lowest BCUT2D eigenvalue weighted by atomic mass is 9.88. The number of piperidine rings is 2. The van der Waals surface area contributed by atoms with Crippen LogP contribution in [0.5, 0.6) is 0 Å².